The van der Waals surface area contributed by atoms with E-state index in [0.717, 1.165) is 47.7 Å². The van der Waals surface area contributed by atoms with Gasteiger partial charge in [-0.15, -0.1) is 0 Å². The highest BCUT2D eigenvalue weighted by atomic mass is 16.5. The summed E-state index contributed by atoms with van der Waals surface area (Å²) in [5.41, 5.74) is 5.13. The molecular weight excluding hydrogens is 418 g/mol. The minimum atomic E-state index is -0.199. The standard InChI is InChI=1S/C25H27N5O3/c1-5-30-13-20(15(3)28-30)14(2)26-24(31)19-12-21(16-6-7-16)27-25-22(19)23(29-33-25)17-8-10-18(32-4)11-9-17/h8-14,16H,5-7H2,1-4H3,(H,26,31)/t14-/m0/s1. The predicted octanol–water partition coefficient (Wildman–Crippen LogP) is 4.79. The number of carbonyl (C=O) groups excluding carboxylic acids is 1. The Labute approximate surface area is 191 Å². The van der Waals surface area contributed by atoms with E-state index in [9.17, 15) is 4.79 Å². The quantitative estimate of drug-likeness (QED) is 0.439. The van der Waals surface area contributed by atoms with Gasteiger partial charge in [-0.2, -0.15) is 5.10 Å². The van der Waals surface area contributed by atoms with Gasteiger partial charge in [0.1, 0.15) is 11.4 Å². The van der Waals surface area contributed by atoms with Crippen molar-refractivity contribution in [2.24, 2.45) is 0 Å². The molecule has 8 heteroatoms. The molecule has 170 valence electrons. The number of amides is 1. The van der Waals surface area contributed by atoms with Crippen LogP contribution in [0.15, 0.2) is 41.1 Å². The summed E-state index contributed by atoms with van der Waals surface area (Å²) >= 11 is 0. The molecule has 1 N–H and O–H groups in total. The molecule has 4 aromatic rings. The molecule has 0 aliphatic heterocycles. The highest BCUT2D eigenvalue weighted by molar-refractivity contribution is 6.09. The number of pyridine rings is 1. The van der Waals surface area contributed by atoms with Crippen LogP contribution in [-0.2, 0) is 6.54 Å². The summed E-state index contributed by atoms with van der Waals surface area (Å²) in [4.78, 5) is 18.2. The van der Waals surface area contributed by atoms with Crippen LogP contribution in [0.4, 0.5) is 0 Å². The second-order valence-corrected chi connectivity index (χ2v) is 8.53. The summed E-state index contributed by atoms with van der Waals surface area (Å²) in [5, 5.41) is 12.6. The SMILES string of the molecule is CCn1cc([C@H](C)NC(=O)c2cc(C3CC3)nc3onc(-c4ccc(OC)cc4)c23)c(C)n1. The summed E-state index contributed by atoms with van der Waals surface area (Å²) in [6.45, 7) is 6.75. The first-order chi connectivity index (χ1) is 16.0. The Morgan fingerprint density at radius 2 is 2.06 bits per heavy atom. The number of hydrogen-bond donors (Lipinski definition) is 1. The summed E-state index contributed by atoms with van der Waals surface area (Å²) in [6.07, 6.45) is 4.13. The molecule has 0 bridgehead atoms. The molecule has 3 heterocycles. The predicted molar refractivity (Wildman–Crippen MR) is 124 cm³/mol. The Kier molecular flexibility index (Phi) is 5.36. The number of ether oxygens (including phenoxy) is 1. The molecule has 33 heavy (non-hydrogen) atoms. The molecular formula is C25H27N5O3. The van der Waals surface area contributed by atoms with E-state index in [0.29, 0.717) is 28.3 Å². The average Bonchev–Trinajstić information content (AvgIpc) is 3.48. The van der Waals surface area contributed by atoms with Gasteiger partial charge in [-0.05, 0) is 63.9 Å². The number of hydrogen-bond acceptors (Lipinski definition) is 6. The summed E-state index contributed by atoms with van der Waals surface area (Å²) in [5.74, 6) is 0.937. The van der Waals surface area contributed by atoms with Gasteiger partial charge in [0.15, 0.2) is 0 Å². The lowest BCUT2D eigenvalue weighted by molar-refractivity contribution is 0.0941. The second kappa shape index (κ2) is 8.35. The van der Waals surface area contributed by atoms with Crippen molar-refractivity contribution in [3.63, 3.8) is 0 Å². The lowest BCUT2D eigenvalue weighted by Crippen LogP contribution is -2.27. The van der Waals surface area contributed by atoms with Crippen LogP contribution in [0.1, 0.15) is 66.0 Å². The second-order valence-electron chi connectivity index (χ2n) is 8.53. The first-order valence-corrected chi connectivity index (χ1v) is 11.3. The van der Waals surface area contributed by atoms with Crippen molar-refractivity contribution in [2.75, 3.05) is 7.11 Å². The molecule has 1 aromatic carbocycles. The molecule has 0 radical (unpaired) electrons. The zero-order valence-corrected chi connectivity index (χ0v) is 19.3. The molecule has 3 aromatic heterocycles. The van der Waals surface area contributed by atoms with E-state index in [2.05, 4.69) is 20.6 Å². The number of aromatic nitrogens is 4. The van der Waals surface area contributed by atoms with Crippen LogP contribution in [0, 0.1) is 6.92 Å². The van der Waals surface area contributed by atoms with Crippen molar-refractivity contribution in [1.82, 2.24) is 25.2 Å². The van der Waals surface area contributed by atoms with Gasteiger partial charge in [0.05, 0.1) is 29.8 Å². The third-order valence-electron chi connectivity index (χ3n) is 6.19. The van der Waals surface area contributed by atoms with Crippen LogP contribution in [0.2, 0.25) is 0 Å². The van der Waals surface area contributed by atoms with Gasteiger partial charge >= 0.3 is 0 Å². The van der Waals surface area contributed by atoms with Crippen molar-refractivity contribution in [3.05, 3.63) is 59.0 Å². The van der Waals surface area contributed by atoms with Gasteiger partial charge in [0, 0.05) is 35.5 Å². The van der Waals surface area contributed by atoms with Crippen LogP contribution in [-0.4, -0.2) is 32.9 Å². The van der Waals surface area contributed by atoms with Crippen molar-refractivity contribution in [1.29, 1.82) is 0 Å². The maximum Gasteiger partial charge on any atom is 0.259 e. The van der Waals surface area contributed by atoms with Crippen LogP contribution >= 0.6 is 0 Å². The van der Waals surface area contributed by atoms with Gasteiger partial charge in [0.25, 0.3) is 11.6 Å². The third kappa shape index (κ3) is 3.97. The number of nitrogens with one attached hydrogen (secondary N) is 1. The molecule has 1 aliphatic rings. The van der Waals surface area contributed by atoms with E-state index in [4.69, 9.17) is 9.26 Å². The maximum absolute atomic E-state index is 13.6. The van der Waals surface area contributed by atoms with Gasteiger partial charge in [-0.1, -0.05) is 5.16 Å². The molecule has 1 saturated carbocycles. The Morgan fingerprint density at radius 1 is 1.30 bits per heavy atom. The van der Waals surface area contributed by atoms with Gasteiger partial charge in [-0.25, -0.2) is 4.98 Å². The van der Waals surface area contributed by atoms with Crippen molar-refractivity contribution < 1.29 is 14.1 Å². The summed E-state index contributed by atoms with van der Waals surface area (Å²) in [6, 6.07) is 9.22. The largest absolute Gasteiger partial charge is 0.497 e. The highest BCUT2D eigenvalue weighted by Gasteiger charge is 2.30. The molecule has 1 aliphatic carbocycles. The molecule has 1 atom stereocenters. The van der Waals surface area contributed by atoms with Gasteiger partial charge < -0.3 is 14.6 Å². The van der Waals surface area contributed by atoms with Crippen LogP contribution in [0.3, 0.4) is 0 Å². The van der Waals surface area contributed by atoms with Crippen LogP contribution in [0.5, 0.6) is 5.75 Å². The molecule has 0 saturated heterocycles. The molecule has 1 fully saturated rings. The number of aryl methyl sites for hydroxylation is 2. The van der Waals surface area contributed by atoms with Crippen molar-refractivity contribution >= 4 is 17.0 Å². The summed E-state index contributed by atoms with van der Waals surface area (Å²) in [7, 11) is 1.62. The molecule has 5 rings (SSSR count). The monoisotopic (exact) mass is 445 g/mol. The topological polar surface area (TPSA) is 95.1 Å². The fourth-order valence-electron chi connectivity index (χ4n) is 4.16. The average molecular weight is 446 g/mol. The fourth-order valence-corrected chi connectivity index (χ4v) is 4.16. The van der Waals surface area contributed by atoms with E-state index < -0.39 is 0 Å². The first kappa shape index (κ1) is 21.2. The number of fused-ring (bicyclic) bond motifs is 1. The van der Waals surface area contributed by atoms with Crippen LogP contribution < -0.4 is 10.1 Å². The molecule has 0 unspecified atom stereocenters. The smallest absolute Gasteiger partial charge is 0.259 e. The first-order valence-electron chi connectivity index (χ1n) is 11.3. The Balaban J connectivity index is 1.55. The third-order valence-corrected chi connectivity index (χ3v) is 6.19. The van der Waals surface area contributed by atoms with E-state index in [1.165, 1.54) is 0 Å². The van der Waals surface area contributed by atoms with Gasteiger partial charge in [-0.3, -0.25) is 9.48 Å². The zero-order valence-electron chi connectivity index (χ0n) is 19.3. The molecule has 8 nitrogen and oxygen atoms in total. The normalized spacial score (nSPS) is 14.4. The maximum atomic E-state index is 13.6. The Bertz CT molecular complexity index is 1320. The zero-order chi connectivity index (χ0) is 23.1. The number of benzene rings is 1. The minimum Gasteiger partial charge on any atom is -0.497 e. The number of rotatable bonds is 7. The van der Waals surface area contributed by atoms with E-state index >= 15 is 0 Å². The number of nitrogens with zero attached hydrogens (tertiary/aromatic N) is 4. The number of carbonyl (C=O) groups is 1. The fraction of sp³-hybridized carbons (Fsp3) is 0.360. The van der Waals surface area contributed by atoms with E-state index in [1.807, 2.05) is 62.0 Å². The highest BCUT2D eigenvalue weighted by Crippen LogP contribution is 2.41. The van der Waals surface area contributed by atoms with E-state index in [1.54, 1.807) is 7.11 Å². The Hall–Kier alpha value is -3.68. The van der Waals surface area contributed by atoms with E-state index in [-0.39, 0.29) is 11.9 Å². The van der Waals surface area contributed by atoms with Crippen LogP contribution in [0.25, 0.3) is 22.4 Å². The minimum absolute atomic E-state index is 0.182. The van der Waals surface area contributed by atoms with Gasteiger partial charge in [0.2, 0.25) is 0 Å². The van der Waals surface area contributed by atoms with Crippen molar-refractivity contribution in [2.45, 2.75) is 52.1 Å². The number of methoxy groups -OCH3 is 1. The lowest BCUT2D eigenvalue weighted by atomic mass is 10.0. The Morgan fingerprint density at radius 3 is 2.70 bits per heavy atom. The van der Waals surface area contributed by atoms with Crippen molar-refractivity contribution in [3.8, 4) is 17.0 Å². The molecule has 0 spiro atoms. The lowest BCUT2D eigenvalue weighted by Gasteiger charge is -2.14. The molecule has 1 amide bonds. The summed E-state index contributed by atoms with van der Waals surface area (Å²) < 4.78 is 12.8.